The highest BCUT2D eigenvalue weighted by Gasteiger charge is 1.90. The van der Waals surface area contributed by atoms with Crippen LogP contribution in [0.5, 0.6) is 0 Å². The molecule has 0 aliphatic rings. The molecule has 0 unspecified atom stereocenters. The van der Waals surface area contributed by atoms with Gasteiger partial charge in [0.2, 0.25) is 0 Å². The maximum absolute atomic E-state index is 8.73. The zero-order chi connectivity index (χ0) is 4.99. The average Bonchev–Trinajstić information content (AvgIpc) is 1.65. The van der Waals surface area contributed by atoms with Crippen molar-refractivity contribution in [2.24, 2.45) is 0 Å². The molecule has 8 heavy (non-hydrogen) atoms. The molecule has 0 fully saturated rings. The van der Waals surface area contributed by atoms with Gasteiger partial charge < -0.3 is 4.89 Å². The van der Waals surface area contributed by atoms with E-state index in [9.17, 15) is 0 Å². The number of halogens is 2. The Morgan fingerprint density at radius 2 is 1.38 bits per heavy atom. The highest BCUT2D eigenvalue weighted by atomic mass is 127. The minimum Gasteiger partial charge on any atom is -0.374 e. The van der Waals surface area contributed by atoms with E-state index in [4.69, 9.17) is 4.89 Å². The van der Waals surface area contributed by atoms with E-state index >= 15 is 0 Å². The standard InChI is InChI=1S/C4H11OP.2HI/c1-3-6(5)4-2;;/h5H,3-4H2,1-2H3;2*1H. The Morgan fingerprint density at radius 3 is 1.38 bits per heavy atom. The van der Waals surface area contributed by atoms with E-state index in [2.05, 4.69) is 0 Å². The summed E-state index contributed by atoms with van der Waals surface area (Å²) in [5.74, 6) is 0. The lowest BCUT2D eigenvalue weighted by molar-refractivity contribution is 0.626. The maximum Gasteiger partial charge on any atom is 0.0245 e. The molecular formula is C4H13I2OP. The van der Waals surface area contributed by atoms with Crippen molar-refractivity contribution in [1.29, 1.82) is 0 Å². The van der Waals surface area contributed by atoms with Gasteiger partial charge in [0.05, 0.1) is 0 Å². The topological polar surface area (TPSA) is 20.2 Å². The molecule has 0 aromatic heterocycles. The SMILES string of the molecule is CCP(O)CC.I.I. The van der Waals surface area contributed by atoms with Gasteiger partial charge in [-0.3, -0.25) is 0 Å². The van der Waals surface area contributed by atoms with Gasteiger partial charge >= 0.3 is 0 Å². The second-order valence-corrected chi connectivity index (χ2v) is 3.42. The van der Waals surface area contributed by atoms with Crippen LogP contribution in [0.4, 0.5) is 0 Å². The maximum atomic E-state index is 8.73. The molecule has 0 aliphatic carbocycles. The van der Waals surface area contributed by atoms with Gasteiger partial charge in [0, 0.05) is 8.15 Å². The van der Waals surface area contributed by atoms with Gasteiger partial charge in [-0.1, -0.05) is 13.8 Å². The molecule has 1 N–H and O–H groups in total. The first-order valence-corrected chi connectivity index (χ1v) is 3.91. The normalized spacial score (nSPS) is 7.50. The Kier molecular flexibility index (Phi) is 23.9. The summed E-state index contributed by atoms with van der Waals surface area (Å²) in [5, 5.41) is 0. The van der Waals surface area contributed by atoms with Crippen molar-refractivity contribution in [3.05, 3.63) is 0 Å². The second kappa shape index (κ2) is 11.6. The van der Waals surface area contributed by atoms with E-state index in [1.54, 1.807) is 0 Å². The van der Waals surface area contributed by atoms with Gasteiger partial charge in [-0.15, -0.1) is 48.0 Å². The molecule has 0 radical (unpaired) electrons. The Balaban J connectivity index is -0.000000125. The summed E-state index contributed by atoms with van der Waals surface area (Å²) in [7, 11) is -0.576. The van der Waals surface area contributed by atoms with Crippen molar-refractivity contribution in [2.45, 2.75) is 13.8 Å². The smallest absolute Gasteiger partial charge is 0.0245 e. The number of rotatable bonds is 2. The summed E-state index contributed by atoms with van der Waals surface area (Å²) in [6, 6.07) is 0. The summed E-state index contributed by atoms with van der Waals surface area (Å²) in [4.78, 5) is 8.73. The molecular weight excluding hydrogens is 349 g/mol. The summed E-state index contributed by atoms with van der Waals surface area (Å²) in [6.07, 6.45) is 1.90. The summed E-state index contributed by atoms with van der Waals surface area (Å²) in [5.41, 5.74) is 0. The molecule has 0 aromatic rings. The van der Waals surface area contributed by atoms with E-state index < -0.39 is 8.15 Å². The summed E-state index contributed by atoms with van der Waals surface area (Å²) in [6.45, 7) is 4.02. The fraction of sp³-hybridized carbons (Fsp3) is 1.00. The third kappa shape index (κ3) is 10.8. The van der Waals surface area contributed by atoms with Crippen LogP contribution in [-0.4, -0.2) is 17.2 Å². The molecule has 0 amide bonds. The van der Waals surface area contributed by atoms with Crippen molar-refractivity contribution in [1.82, 2.24) is 0 Å². The number of hydrogen-bond donors (Lipinski definition) is 1. The first-order chi connectivity index (χ1) is 2.81. The number of hydrogen-bond acceptors (Lipinski definition) is 1. The Hall–Kier alpha value is 1.85. The molecule has 0 heterocycles. The van der Waals surface area contributed by atoms with E-state index in [0.29, 0.717) is 0 Å². The molecule has 0 aromatic carbocycles. The largest absolute Gasteiger partial charge is 0.374 e. The molecule has 0 bridgehead atoms. The molecule has 0 rings (SSSR count). The molecule has 0 aliphatic heterocycles. The third-order valence-corrected chi connectivity index (χ3v) is 2.19. The van der Waals surface area contributed by atoms with Crippen molar-refractivity contribution >= 4 is 56.1 Å². The zero-order valence-corrected chi connectivity index (χ0v) is 10.7. The highest BCUT2D eigenvalue weighted by molar-refractivity contribution is 14.0. The van der Waals surface area contributed by atoms with E-state index in [1.807, 2.05) is 13.8 Å². The monoisotopic (exact) mass is 362 g/mol. The summed E-state index contributed by atoms with van der Waals surface area (Å²) < 4.78 is 0. The first kappa shape index (κ1) is 16.4. The van der Waals surface area contributed by atoms with Crippen LogP contribution in [0.15, 0.2) is 0 Å². The van der Waals surface area contributed by atoms with Gasteiger partial charge in [-0.05, 0) is 12.3 Å². The third-order valence-electron chi connectivity index (χ3n) is 0.730. The highest BCUT2D eigenvalue weighted by Crippen LogP contribution is 2.26. The molecule has 0 saturated heterocycles. The quantitative estimate of drug-likeness (QED) is 0.592. The molecule has 0 atom stereocenters. The van der Waals surface area contributed by atoms with Gasteiger partial charge in [-0.2, -0.15) is 0 Å². The minimum atomic E-state index is -0.576. The lowest BCUT2D eigenvalue weighted by Gasteiger charge is -1.98. The van der Waals surface area contributed by atoms with Crippen LogP contribution in [0.1, 0.15) is 13.8 Å². The fourth-order valence-electron chi connectivity index (χ4n) is 0.224. The Morgan fingerprint density at radius 1 is 1.12 bits per heavy atom. The van der Waals surface area contributed by atoms with Crippen molar-refractivity contribution < 1.29 is 4.89 Å². The Bertz CT molecular complexity index is 33.2. The fourth-order valence-corrected chi connectivity index (χ4v) is 0.671. The van der Waals surface area contributed by atoms with Crippen LogP contribution in [-0.2, 0) is 0 Å². The molecule has 54 valence electrons. The Labute approximate surface area is 86.5 Å². The second-order valence-electron chi connectivity index (χ2n) is 1.14. The molecule has 4 heteroatoms. The minimum absolute atomic E-state index is 0. The van der Waals surface area contributed by atoms with Crippen molar-refractivity contribution in [2.75, 3.05) is 12.3 Å². The van der Waals surface area contributed by atoms with Crippen LogP contribution < -0.4 is 0 Å². The van der Waals surface area contributed by atoms with E-state index in [1.165, 1.54) is 0 Å². The molecule has 0 spiro atoms. The summed E-state index contributed by atoms with van der Waals surface area (Å²) >= 11 is 0. The first-order valence-electron chi connectivity index (χ1n) is 2.25. The van der Waals surface area contributed by atoms with Crippen molar-refractivity contribution in [3.63, 3.8) is 0 Å². The van der Waals surface area contributed by atoms with Crippen LogP contribution in [0.25, 0.3) is 0 Å². The van der Waals surface area contributed by atoms with Crippen LogP contribution in [0.2, 0.25) is 0 Å². The van der Waals surface area contributed by atoms with Crippen molar-refractivity contribution in [3.8, 4) is 0 Å². The predicted molar refractivity (Wildman–Crippen MR) is 61.1 cm³/mol. The average molecular weight is 362 g/mol. The molecule has 1 nitrogen and oxygen atoms in total. The van der Waals surface area contributed by atoms with Crippen LogP contribution >= 0.6 is 56.1 Å². The molecule has 0 saturated carbocycles. The van der Waals surface area contributed by atoms with E-state index in [0.717, 1.165) is 12.3 Å². The van der Waals surface area contributed by atoms with Gasteiger partial charge in [0.15, 0.2) is 0 Å². The predicted octanol–water partition coefficient (Wildman–Crippen LogP) is 2.65. The van der Waals surface area contributed by atoms with Gasteiger partial charge in [0.25, 0.3) is 0 Å². The van der Waals surface area contributed by atoms with Gasteiger partial charge in [-0.25, -0.2) is 0 Å². The zero-order valence-electron chi connectivity index (χ0n) is 5.13. The van der Waals surface area contributed by atoms with Crippen LogP contribution in [0, 0.1) is 0 Å². The lowest BCUT2D eigenvalue weighted by atomic mass is 11.0. The van der Waals surface area contributed by atoms with Crippen LogP contribution in [0.3, 0.4) is 0 Å². The van der Waals surface area contributed by atoms with E-state index in [-0.39, 0.29) is 48.0 Å². The van der Waals surface area contributed by atoms with Gasteiger partial charge in [0.1, 0.15) is 0 Å². The lowest BCUT2D eigenvalue weighted by Crippen LogP contribution is -1.76.